The molecule has 1 saturated carbocycles. The smallest absolute Gasteiger partial charge is 0.226 e. The number of nitrogens with zero attached hydrogens (tertiary/aromatic N) is 2. The maximum Gasteiger partial charge on any atom is 0.226 e. The van der Waals surface area contributed by atoms with Gasteiger partial charge in [-0.2, -0.15) is 5.10 Å². The first-order chi connectivity index (χ1) is 10.4. The van der Waals surface area contributed by atoms with Gasteiger partial charge in [-0.1, -0.05) is 25.8 Å². The lowest BCUT2D eigenvalue weighted by Gasteiger charge is -2.23. The Kier molecular flexibility index (Phi) is 5.39. The molecule has 1 aromatic rings. The van der Waals surface area contributed by atoms with Crippen LogP contribution < -0.4 is 5.32 Å². The summed E-state index contributed by atoms with van der Waals surface area (Å²) in [6.45, 7) is 5.20. The number of aromatic nitrogens is 2. The summed E-state index contributed by atoms with van der Waals surface area (Å²) in [4.78, 5) is 11.8. The molecule has 1 aliphatic rings. The van der Waals surface area contributed by atoms with Crippen LogP contribution in [0.15, 0.2) is 18.1 Å². The summed E-state index contributed by atoms with van der Waals surface area (Å²) >= 11 is 0. The van der Waals surface area contributed by atoms with Crippen molar-refractivity contribution in [3.05, 3.63) is 23.7 Å². The van der Waals surface area contributed by atoms with Gasteiger partial charge in [-0.05, 0) is 19.8 Å². The Morgan fingerprint density at radius 1 is 1.45 bits per heavy atom. The molecule has 0 atom stereocenters. The van der Waals surface area contributed by atoms with Crippen molar-refractivity contribution < 1.29 is 13.2 Å². The highest BCUT2D eigenvalue weighted by molar-refractivity contribution is 7.94. The lowest BCUT2D eigenvalue weighted by Crippen LogP contribution is -2.18. The van der Waals surface area contributed by atoms with Gasteiger partial charge in [0.05, 0.1) is 11.8 Å². The van der Waals surface area contributed by atoms with Crippen LogP contribution in [0.3, 0.4) is 0 Å². The topological polar surface area (TPSA) is 81.1 Å². The Morgan fingerprint density at radius 3 is 2.77 bits per heavy atom. The number of amides is 1. The highest BCUT2D eigenvalue weighted by Crippen LogP contribution is 2.29. The molecule has 1 N–H and O–H groups in total. The number of carbonyl (C=O) groups is 1. The van der Waals surface area contributed by atoms with Gasteiger partial charge < -0.3 is 5.32 Å². The minimum atomic E-state index is -3.35. The predicted molar refractivity (Wildman–Crippen MR) is 86.3 cm³/mol. The summed E-state index contributed by atoms with van der Waals surface area (Å²) in [5.41, 5.74) is 1.01. The van der Waals surface area contributed by atoms with Crippen LogP contribution in [0.5, 0.6) is 0 Å². The van der Waals surface area contributed by atoms with Crippen LogP contribution in [0.4, 0.5) is 5.82 Å². The van der Waals surface area contributed by atoms with E-state index in [2.05, 4.69) is 17.0 Å². The third-order valence-corrected chi connectivity index (χ3v) is 5.26. The fourth-order valence-electron chi connectivity index (χ4n) is 2.77. The van der Waals surface area contributed by atoms with Gasteiger partial charge in [-0.3, -0.25) is 9.48 Å². The van der Waals surface area contributed by atoms with Crippen molar-refractivity contribution in [3.8, 4) is 0 Å². The Bertz CT molecular complexity index is 643. The fraction of sp³-hybridized carbons (Fsp3) is 0.600. The number of nitrogens with one attached hydrogen (secondary N) is 1. The molecule has 0 aliphatic heterocycles. The number of carbonyl (C=O) groups excluding carboxylic acids is 1. The van der Waals surface area contributed by atoms with Crippen LogP contribution >= 0.6 is 0 Å². The van der Waals surface area contributed by atoms with Gasteiger partial charge in [-0.15, -0.1) is 0 Å². The molecule has 1 aromatic heterocycles. The predicted octanol–water partition coefficient (Wildman–Crippen LogP) is 2.58. The largest absolute Gasteiger partial charge is 0.309 e. The first-order valence-corrected chi connectivity index (χ1v) is 9.34. The van der Waals surface area contributed by atoms with Gasteiger partial charge in [0.2, 0.25) is 5.91 Å². The van der Waals surface area contributed by atoms with E-state index in [0.717, 1.165) is 23.9 Å². The summed E-state index contributed by atoms with van der Waals surface area (Å²) in [6.07, 6.45) is 5.85. The molecule has 22 heavy (non-hydrogen) atoms. The summed E-state index contributed by atoms with van der Waals surface area (Å²) in [5, 5.41) is 8.00. The standard InChI is InChI=1S/C15H23N3O3S/c1-3-22(20,21)10-9-15(19)16-14-11-12(2)18(17-14)13-7-5-4-6-8-13/h3,11,13H,1,4-10H2,2H3,(H,16,17,19). The van der Waals surface area contributed by atoms with Gasteiger partial charge >= 0.3 is 0 Å². The van der Waals surface area contributed by atoms with E-state index in [1.54, 1.807) is 0 Å². The number of rotatable bonds is 6. The van der Waals surface area contributed by atoms with Crippen LogP contribution in [0.1, 0.15) is 50.3 Å². The summed E-state index contributed by atoms with van der Waals surface area (Å²) in [5.74, 6) is -0.0900. The second-order valence-corrected chi connectivity index (χ2v) is 7.81. The average molecular weight is 325 g/mol. The van der Waals surface area contributed by atoms with E-state index in [9.17, 15) is 13.2 Å². The van der Waals surface area contributed by atoms with Crippen LogP contribution in [-0.2, 0) is 14.6 Å². The van der Waals surface area contributed by atoms with Crippen molar-refractivity contribution in [3.63, 3.8) is 0 Å². The molecule has 2 rings (SSSR count). The normalized spacial score (nSPS) is 16.4. The maximum atomic E-state index is 11.8. The van der Waals surface area contributed by atoms with E-state index in [-0.39, 0.29) is 18.1 Å². The Balaban J connectivity index is 1.95. The molecule has 1 amide bonds. The van der Waals surface area contributed by atoms with Crippen molar-refractivity contribution in [2.75, 3.05) is 11.1 Å². The molecule has 122 valence electrons. The van der Waals surface area contributed by atoms with Crippen LogP contribution in [0.25, 0.3) is 0 Å². The monoisotopic (exact) mass is 325 g/mol. The second kappa shape index (κ2) is 7.09. The first-order valence-electron chi connectivity index (χ1n) is 7.62. The zero-order valence-electron chi connectivity index (χ0n) is 12.9. The molecule has 0 bridgehead atoms. The van der Waals surface area contributed by atoms with Gasteiger partial charge in [-0.25, -0.2) is 8.42 Å². The van der Waals surface area contributed by atoms with E-state index in [0.29, 0.717) is 11.9 Å². The number of anilines is 1. The first kappa shape index (κ1) is 16.7. The van der Waals surface area contributed by atoms with E-state index >= 15 is 0 Å². The summed E-state index contributed by atoms with van der Waals surface area (Å²) in [7, 11) is -3.35. The van der Waals surface area contributed by atoms with Crippen molar-refractivity contribution in [2.45, 2.75) is 51.5 Å². The van der Waals surface area contributed by atoms with E-state index in [1.807, 2.05) is 17.7 Å². The van der Waals surface area contributed by atoms with Crippen molar-refractivity contribution >= 4 is 21.6 Å². The average Bonchev–Trinajstić information content (AvgIpc) is 2.87. The van der Waals surface area contributed by atoms with Crippen LogP contribution in [-0.4, -0.2) is 29.9 Å². The number of sulfone groups is 1. The minimum Gasteiger partial charge on any atom is -0.309 e. The second-order valence-electron chi connectivity index (χ2n) is 5.74. The van der Waals surface area contributed by atoms with Crippen molar-refractivity contribution in [1.82, 2.24) is 9.78 Å². The molecule has 6 nitrogen and oxygen atoms in total. The lowest BCUT2D eigenvalue weighted by molar-refractivity contribution is -0.115. The molecule has 1 fully saturated rings. The molecule has 7 heteroatoms. The fourth-order valence-corrected chi connectivity index (χ4v) is 3.40. The molecule has 0 spiro atoms. The third kappa shape index (κ3) is 4.43. The molecular weight excluding hydrogens is 302 g/mol. The zero-order valence-corrected chi connectivity index (χ0v) is 13.7. The lowest BCUT2D eigenvalue weighted by atomic mass is 9.95. The molecule has 0 unspecified atom stereocenters. The maximum absolute atomic E-state index is 11.8. The summed E-state index contributed by atoms with van der Waals surface area (Å²) in [6, 6.07) is 2.23. The Morgan fingerprint density at radius 2 is 2.14 bits per heavy atom. The zero-order chi connectivity index (χ0) is 16.2. The van der Waals surface area contributed by atoms with Crippen LogP contribution in [0.2, 0.25) is 0 Å². The highest BCUT2D eigenvalue weighted by Gasteiger charge is 2.19. The molecule has 1 aliphatic carbocycles. The van der Waals surface area contributed by atoms with Crippen molar-refractivity contribution in [1.29, 1.82) is 0 Å². The minimum absolute atomic E-state index is 0.0936. The number of hydrogen-bond acceptors (Lipinski definition) is 4. The Hall–Kier alpha value is -1.63. The van der Waals surface area contributed by atoms with Gasteiger partial charge in [0.15, 0.2) is 15.7 Å². The van der Waals surface area contributed by atoms with Gasteiger partial charge in [0.25, 0.3) is 0 Å². The molecule has 1 heterocycles. The van der Waals surface area contributed by atoms with Gasteiger partial charge in [0.1, 0.15) is 0 Å². The highest BCUT2D eigenvalue weighted by atomic mass is 32.2. The summed E-state index contributed by atoms with van der Waals surface area (Å²) < 4.78 is 24.6. The molecule has 0 saturated heterocycles. The number of hydrogen-bond donors (Lipinski definition) is 1. The quantitative estimate of drug-likeness (QED) is 0.871. The molecular formula is C15H23N3O3S. The van der Waals surface area contributed by atoms with E-state index in [4.69, 9.17) is 0 Å². The van der Waals surface area contributed by atoms with Gasteiger partial charge in [0, 0.05) is 23.6 Å². The van der Waals surface area contributed by atoms with E-state index in [1.165, 1.54) is 19.3 Å². The van der Waals surface area contributed by atoms with E-state index < -0.39 is 9.84 Å². The molecule has 0 radical (unpaired) electrons. The molecule has 0 aromatic carbocycles. The Labute approximate surface area is 131 Å². The third-order valence-electron chi connectivity index (χ3n) is 3.98. The van der Waals surface area contributed by atoms with Crippen molar-refractivity contribution in [2.24, 2.45) is 0 Å². The van der Waals surface area contributed by atoms with Crippen LogP contribution in [0, 0.1) is 6.92 Å². The number of aryl methyl sites for hydroxylation is 1. The SMILES string of the molecule is C=CS(=O)(=O)CCC(=O)Nc1cc(C)n(C2CCCCC2)n1.